The molecular weight excluding hydrogens is 337 g/mol. The van der Waals surface area contributed by atoms with Gasteiger partial charge in [0.25, 0.3) is 0 Å². The van der Waals surface area contributed by atoms with Gasteiger partial charge in [0.1, 0.15) is 3.92 Å². The van der Waals surface area contributed by atoms with Crippen LogP contribution in [-0.4, -0.2) is 23.5 Å². The first-order valence-electron chi connectivity index (χ1n) is 5.17. The first-order chi connectivity index (χ1) is 7.67. The Bertz CT molecular complexity index is 340. The zero-order chi connectivity index (χ0) is 12.0. The van der Waals surface area contributed by atoms with E-state index in [1.165, 1.54) is 16.9 Å². The number of hydrogen-bond donors (Lipinski definition) is 1. The van der Waals surface area contributed by atoms with Gasteiger partial charge in [0.15, 0.2) is 0 Å². The number of nitrogens with one attached hydrogen (secondary N) is 1. The minimum atomic E-state index is -0.173. The average molecular weight is 353 g/mol. The summed E-state index contributed by atoms with van der Waals surface area (Å²) >= 11 is 3.91. The van der Waals surface area contributed by atoms with Crippen molar-refractivity contribution in [3.05, 3.63) is 21.9 Å². The molecule has 0 aliphatic heterocycles. The largest absolute Gasteiger partial charge is 0.468 e. The molecular formula is C11H16INO2S. The Balaban J connectivity index is 2.27. The lowest BCUT2D eigenvalue weighted by molar-refractivity contribution is -0.139. The standard InChI is InChI=1S/C11H16INO2S/c1-3-8-4-5-9(16-8)6-13-7-10(12)11(14)15-2/h4-5,10,13H,3,6-7H2,1-2H3. The molecule has 5 heteroatoms. The summed E-state index contributed by atoms with van der Waals surface area (Å²) in [7, 11) is 1.42. The lowest BCUT2D eigenvalue weighted by Gasteiger charge is -2.08. The van der Waals surface area contributed by atoms with Crippen molar-refractivity contribution < 1.29 is 9.53 Å². The van der Waals surface area contributed by atoms with Crippen molar-refractivity contribution in [2.45, 2.75) is 23.8 Å². The highest BCUT2D eigenvalue weighted by Crippen LogP contribution is 2.16. The maximum absolute atomic E-state index is 11.1. The zero-order valence-electron chi connectivity index (χ0n) is 9.46. The van der Waals surface area contributed by atoms with Gasteiger partial charge in [-0.3, -0.25) is 4.79 Å². The van der Waals surface area contributed by atoms with Crippen molar-refractivity contribution in [1.82, 2.24) is 5.32 Å². The van der Waals surface area contributed by atoms with Crippen LogP contribution in [0.2, 0.25) is 0 Å². The third-order valence-electron chi connectivity index (χ3n) is 2.15. The Kier molecular flexibility index (Phi) is 6.30. The first-order valence-corrected chi connectivity index (χ1v) is 7.23. The van der Waals surface area contributed by atoms with Gasteiger partial charge in [0.2, 0.25) is 0 Å². The molecule has 0 amide bonds. The van der Waals surface area contributed by atoms with E-state index in [4.69, 9.17) is 0 Å². The van der Waals surface area contributed by atoms with Crippen LogP contribution in [0.25, 0.3) is 0 Å². The Labute approximate surface area is 114 Å². The molecule has 0 aliphatic rings. The fourth-order valence-electron chi connectivity index (χ4n) is 1.24. The van der Waals surface area contributed by atoms with E-state index in [-0.39, 0.29) is 9.89 Å². The Morgan fingerprint density at radius 3 is 2.81 bits per heavy atom. The van der Waals surface area contributed by atoms with Crippen LogP contribution < -0.4 is 5.32 Å². The second kappa shape index (κ2) is 7.24. The Hall–Kier alpha value is -0.140. The minimum Gasteiger partial charge on any atom is -0.468 e. The number of aryl methyl sites for hydroxylation is 1. The molecule has 0 saturated carbocycles. The van der Waals surface area contributed by atoms with E-state index in [1.54, 1.807) is 0 Å². The number of hydrogen-bond acceptors (Lipinski definition) is 4. The third-order valence-corrected chi connectivity index (χ3v) is 4.32. The molecule has 1 atom stereocenters. The summed E-state index contributed by atoms with van der Waals surface area (Å²) in [6, 6.07) is 4.29. The molecule has 1 heterocycles. The fraction of sp³-hybridized carbons (Fsp3) is 0.545. The lowest BCUT2D eigenvalue weighted by Crippen LogP contribution is -2.29. The summed E-state index contributed by atoms with van der Waals surface area (Å²) in [4.78, 5) is 13.8. The van der Waals surface area contributed by atoms with E-state index in [0.29, 0.717) is 6.54 Å². The number of carbonyl (C=O) groups excluding carboxylic acids is 1. The molecule has 1 N–H and O–H groups in total. The van der Waals surface area contributed by atoms with Gasteiger partial charge in [0.05, 0.1) is 7.11 Å². The molecule has 1 aromatic heterocycles. The summed E-state index contributed by atoms with van der Waals surface area (Å²) in [5, 5.41) is 3.26. The summed E-state index contributed by atoms with van der Waals surface area (Å²) < 4.78 is 4.54. The summed E-state index contributed by atoms with van der Waals surface area (Å²) in [6.07, 6.45) is 1.09. The van der Waals surface area contributed by atoms with Gasteiger partial charge in [-0.15, -0.1) is 11.3 Å². The molecule has 3 nitrogen and oxygen atoms in total. The number of carbonyl (C=O) groups is 1. The zero-order valence-corrected chi connectivity index (χ0v) is 12.4. The lowest BCUT2D eigenvalue weighted by atomic mass is 10.3. The number of halogens is 1. The highest BCUT2D eigenvalue weighted by atomic mass is 127. The van der Waals surface area contributed by atoms with Crippen LogP contribution in [0.3, 0.4) is 0 Å². The van der Waals surface area contributed by atoms with E-state index in [1.807, 2.05) is 11.3 Å². The Morgan fingerprint density at radius 2 is 2.25 bits per heavy atom. The van der Waals surface area contributed by atoms with Crippen LogP contribution in [0.15, 0.2) is 12.1 Å². The van der Waals surface area contributed by atoms with Gasteiger partial charge in [-0.1, -0.05) is 29.5 Å². The van der Waals surface area contributed by atoms with Gasteiger partial charge in [0, 0.05) is 22.8 Å². The molecule has 0 fully saturated rings. The van der Waals surface area contributed by atoms with Crippen LogP contribution in [0.5, 0.6) is 0 Å². The molecule has 16 heavy (non-hydrogen) atoms. The fourth-order valence-corrected chi connectivity index (χ4v) is 2.73. The topological polar surface area (TPSA) is 38.3 Å². The van der Waals surface area contributed by atoms with Gasteiger partial charge < -0.3 is 10.1 Å². The molecule has 1 aromatic rings. The smallest absolute Gasteiger partial charge is 0.319 e. The second-order valence-electron chi connectivity index (χ2n) is 3.34. The highest BCUT2D eigenvalue weighted by molar-refractivity contribution is 14.1. The third kappa shape index (κ3) is 4.39. The minimum absolute atomic E-state index is 0.117. The number of esters is 1. The van der Waals surface area contributed by atoms with E-state index in [9.17, 15) is 4.79 Å². The van der Waals surface area contributed by atoms with Gasteiger partial charge in [-0.2, -0.15) is 0 Å². The van der Waals surface area contributed by atoms with E-state index < -0.39 is 0 Å². The molecule has 1 rings (SSSR count). The van der Waals surface area contributed by atoms with Crippen LogP contribution >= 0.6 is 33.9 Å². The predicted octanol–water partition coefficient (Wildman–Crippen LogP) is 2.38. The SMILES string of the molecule is CCc1ccc(CNCC(I)C(=O)OC)s1. The van der Waals surface area contributed by atoms with Crippen LogP contribution in [0.1, 0.15) is 16.7 Å². The van der Waals surface area contributed by atoms with Gasteiger partial charge in [-0.05, 0) is 18.6 Å². The summed E-state index contributed by atoms with van der Waals surface area (Å²) in [6.45, 7) is 3.62. The molecule has 0 bridgehead atoms. The first kappa shape index (κ1) is 13.9. The van der Waals surface area contributed by atoms with Crippen molar-refractivity contribution in [1.29, 1.82) is 0 Å². The monoisotopic (exact) mass is 353 g/mol. The van der Waals surface area contributed by atoms with Crippen molar-refractivity contribution >= 4 is 39.9 Å². The molecule has 0 radical (unpaired) electrons. The second-order valence-corrected chi connectivity index (χ2v) is 6.10. The summed E-state index contributed by atoms with van der Waals surface area (Å²) in [5.74, 6) is -0.173. The average Bonchev–Trinajstić information content (AvgIpc) is 2.75. The highest BCUT2D eigenvalue weighted by Gasteiger charge is 2.13. The number of ether oxygens (including phenoxy) is 1. The van der Waals surface area contributed by atoms with Crippen molar-refractivity contribution in [3.63, 3.8) is 0 Å². The van der Waals surface area contributed by atoms with E-state index in [0.717, 1.165) is 13.0 Å². The van der Waals surface area contributed by atoms with Crippen molar-refractivity contribution in [2.75, 3.05) is 13.7 Å². The molecule has 1 unspecified atom stereocenters. The van der Waals surface area contributed by atoms with Crippen molar-refractivity contribution in [3.8, 4) is 0 Å². The van der Waals surface area contributed by atoms with E-state index in [2.05, 4.69) is 51.7 Å². The predicted molar refractivity (Wildman–Crippen MR) is 75.2 cm³/mol. The van der Waals surface area contributed by atoms with Crippen LogP contribution in [0, 0.1) is 0 Å². The van der Waals surface area contributed by atoms with Crippen LogP contribution in [-0.2, 0) is 22.5 Å². The maximum Gasteiger partial charge on any atom is 0.319 e. The summed E-state index contributed by atoms with van der Waals surface area (Å²) in [5.41, 5.74) is 0. The molecule has 0 aliphatic carbocycles. The quantitative estimate of drug-likeness (QED) is 0.485. The normalized spacial score (nSPS) is 12.4. The number of methoxy groups -OCH3 is 1. The maximum atomic E-state index is 11.1. The molecule has 0 saturated heterocycles. The van der Waals surface area contributed by atoms with E-state index >= 15 is 0 Å². The van der Waals surface area contributed by atoms with Crippen LogP contribution in [0.4, 0.5) is 0 Å². The van der Waals surface area contributed by atoms with Gasteiger partial charge >= 0.3 is 5.97 Å². The molecule has 0 aromatic carbocycles. The number of alkyl halides is 1. The van der Waals surface area contributed by atoms with Gasteiger partial charge in [-0.25, -0.2) is 0 Å². The molecule has 0 spiro atoms. The Morgan fingerprint density at radius 1 is 1.56 bits per heavy atom. The molecule has 90 valence electrons. The number of rotatable bonds is 6. The van der Waals surface area contributed by atoms with Crippen molar-refractivity contribution in [2.24, 2.45) is 0 Å². The number of thiophene rings is 1.